The highest BCUT2D eigenvalue weighted by Gasteiger charge is 2.27. The normalized spacial score (nSPS) is 16.6. The van der Waals surface area contributed by atoms with E-state index in [1.54, 1.807) is 24.1 Å². The van der Waals surface area contributed by atoms with Crippen LogP contribution in [0, 0.1) is 0 Å². The first-order valence-corrected chi connectivity index (χ1v) is 8.75. The second-order valence-electron chi connectivity index (χ2n) is 6.61. The van der Waals surface area contributed by atoms with E-state index in [0.29, 0.717) is 18.5 Å². The number of rotatable bonds is 6. The van der Waals surface area contributed by atoms with Gasteiger partial charge in [-0.25, -0.2) is 0 Å². The monoisotopic (exact) mass is 350 g/mol. The van der Waals surface area contributed by atoms with Crippen LogP contribution in [0.4, 0.5) is 0 Å². The van der Waals surface area contributed by atoms with Crippen LogP contribution in [0.15, 0.2) is 54.6 Å². The van der Waals surface area contributed by atoms with Crippen LogP contribution in [0.1, 0.15) is 29.6 Å². The molecule has 1 N–H and O–H groups in total. The van der Waals surface area contributed by atoms with E-state index in [-0.39, 0.29) is 36.5 Å². The Labute approximate surface area is 153 Å². The summed E-state index contributed by atoms with van der Waals surface area (Å²) in [5.74, 6) is -0.211. The van der Waals surface area contributed by atoms with Gasteiger partial charge in [0.15, 0.2) is 5.78 Å². The van der Waals surface area contributed by atoms with Crippen molar-refractivity contribution in [1.82, 2.24) is 10.2 Å². The van der Waals surface area contributed by atoms with E-state index < -0.39 is 0 Å². The fourth-order valence-electron chi connectivity index (χ4n) is 3.11. The summed E-state index contributed by atoms with van der Waals surface area (Å²) in [6, 6.07) is 17.2. The van der Waals surface area contributed by atoms with Gasteiger partial charge < -0.3 is 10.2 Å². The van der Waals surface area contributed by atoms with Crippen LogP contribution in [0.2, 0.25) is 0 Å². The van der Waals surface area contributed by atoms with Gasteiger partial charge in [-0.15, -0.1) is 0 Å². The van der Waals surface area contributed by atoms with E-state index in [1.807, 2.05) is 42.5 Å². The summed E-state index contributed by atoms with van der Waals surface area (Å²) >= 11 is 0. The van der Waals surface area contributed by atoms with Crippen molar-refractivity contribution in [2.75, 3.05) is 13.6 Å². The van der Waals surface area contributed by atoms with Crippen molar-refractivity contribution < 1.29 is 14.4 Å². The van der Waals surface area contributed by atoms with Crippen molar-refractivity contribution in [2.45, 2.75) is 25.3 Å². The van der Waals surface area contributed by atoms with Gasteiger partial charge >= 0.3 is 0 Å². The molecule has 3 rings (SSSR count). The maximum atomic E-state index is 12.3. The summed E-state index contributed by atoms with van der Waals surface area (Å²) in [5.41, 5.74) is 2.75. The molecular formula is C21H22N2O3. The number of carbonyl (C=O) groups excluding carboxylic acids is 3. The average Bonchev–Trinajstić information content (AvgIpc) is 2.97. The summed E-state index contributed by atoms with van der Waals surface area (Å²) in [4.78, 5) is 37.4. The zero-order valence-electron chi connectivity index (χ0n) is 14.8. The summed E-state index contributed by atoms with van der Waals surface area (Å²) in [7, 11) is 1.72. The number of nitrogens with one attached hydrogen (secondary N) is 1. The molecule has 5 nitrogen and oxygen atoms in total. The fraction of sp³-hybridized carbons (Fsp3) is 0.286. The van der Waals surface area contributed by atoms with E-state index >= 15 is 0 Å². The zero-order chi connectivity index (χ0) is 18.5. The summed E-state index contributed by atoms with van der Waals surface area (Å²) in [6.45, 7) is 0.527. The maximum Gasteiger partial charge on any atom is 0.224 e. The lowest BCUT2D eigenvalue weighted by Gasteiger charge is -2.12. The Bertz CT molecular complexity index is 800. The molecule has 0 aromatic heterocycles. The first-order chi connectivity index (χ1) is 12.5. The quantitative estimate of drug-likeness (QED) is 0.815. The smallest absolute Gasteiger partial charge is 0.224 e. The minimum absolute atomic E-state index is 0.0323. The van der Waals surface area contributed by atoms with E-state index in [4.69, 9.17) is 0 Å². The summed E-state index contributed by atoms with van der Waals surface area (Å²) in [6.07, 6.45) is 0.623. The molecule has 1 fully saturated rings. The minimum atomic E-state index is -0.188. The van der Waals surface area contributed by atoms with Gasteiger partial charge in [0.05, 0.1) is 6.04 Å². The first-order valence-electron chi connectivity index (χ1n) is 8.75. The van der Waals surface area contributed by atoms with Crippen LogP contribution in [0.5, 0.6) is 0 Å². The number of nitrogens with zero attached hydrogens (tertiary/aromatic N) is 1. The second kappa shape index (κ2) is 7.95. The second-order valence-corrected chi connectivity index (χ2v) is 6.61. The molecule has 1 aliphatic rings. The predicted molar refractivity (Wildman–Crippen MR) is 99.6 cm³/mol. The number of Topliss-reactive ketones (excluding diaryl/α,β-unsaturated/α-hetero) is 1. The number of amides is 2. The average molecular weight is 350 g/mol. The number of ketones is 1. The number of benzene rings is 2. The van der Waals surface area contributed by atoms with E-state index in [0.717, 1.165) is 11.1 Å². The van der Waals surface area contributed by atoms with Crippen molar-refractivity contribution in [3.8, 4) is 11.1 Å². The minimum Gasteiger partial charge on any atom is -0.351 e. The van der Waals surface area contributed by atoms with Gasteiger partial charge in [0.25, 0.3) is 0 Å². The Kier molecular flexibility index (Phi) is 5.46. The van der Waals surface area contributed by atoms with Crippen molar-refractivity contribution in [3.63, 3.8) is 0 Å². The highest BCUT2D eigenvalue weighted by Crippen LogP contribution is 2.20. The Balaban J connectivity index is 1.50. The van der Waals surface area contributed by atoms with Gasteiger partial charge in [-0.3, -0.25) is 14.4 Å². The summed E-state index contributed by atoms with van der Waals surface area (Å²) < 4.78 is 0. The molecule has 2 aromatic carbocycles. The number of carbonyl (C=O) groups is 3. The van der Waals surface area contributed by atoms with Crippen molar-refractivity contribution in [3.05, 3.63) is 60.2 Å². The molecule has 0 spiro atoms. The van der Waals surface area contributed by atoms with Crippen LogP contribution in [0.25, 0.3) is 11.1 Å². The predicted octanol–water partition coefficient (Wildman–Crippen LogP) is 2.66. The Morgan fingerprint density at radius 3 is 2.27 bits per heavy atom. The van der Waals surface area contributed by atoms with Crippen molar-refractivity contribution in [2.24, 2.45) is 0 Å². The molecule has 2 aromatic rings. The molecule has 0 saturated carbocycles. The zero-order valence-corrected chi connectivity index (χ0v) is 14.8. The van der Waals surface area contributed by atoms with E-state index in [1.165, 1.54) is 0 Å². The Morgan fingerprint density at radius 1 is 1.00 bits per heavy atom. The lowest BCUT2D eigenvalue weighted by molar-refractivity contribution is -0.126. The van der Waals surface area contributed by atoms with Gasteiger partial charge in [-0.05, 0) is 11.1 Å². The maximum absolute atomic E-state index is 12.3. The van der Waals surface area contributed by atoms with Crippen LogP contribution in [-0.2, 0) is 9.59 Å². The van der Waals surface area contributed by atoms with Gasteiger partial charge in [-0.1, -0.05) is 54.6 Å². The molecule has 1 heterocycles. The SMILES string of the molecule is CN1C[C@H](NC(=O)CCC(=O)c2ccc(-c3ccccc3)cc2)CC1=O. The van der Waals surface area contributed by atoms with E-state index in [9.17, 15) is 14.4 Å². The molecule has 0 unspecified atom stereocenters. The highest BCUT2D eigenvalue weighted by molar-refractivity contribution is 5.98. The molecule has 26 heavy (non-hydrogen) atoms. The molecule has 5 heteroatoms. The lowest BCUT2D eigenvalue weighted by atomic mass is 10.0. The van der Waals surface area contributed by atoms with E-state index in [2.05, 4.69) is 5.32 Å². The Morgan fingerprint density at radius 2 is 1.65 bits per heavy atom. The third kappa shape index (κ3) is 4.36. The molecule has 0 aliphatic carbocycles. The molecule has 1 saturated heterocycles. The van der Waals surface area contributed by atoms with Crippen LogP contribution < -0.4 is 5.32 Å². The molecule has 1 aliphatic heterocycles. The topological polar surface area (TPSA) is 66.5 Å². The number of hydrogen-bond acceptors (Lipinski definition) is 3. The molecule has 0 bridgehead atoms. The number of likely N-dealkylation sites (N-methyl/N-ethyl adjacent to an activating group) is 1. The lowest BCUT2D eigenvalue weighted by Crippen LogP contribution is -2.36. The van der Waals surface area contributed by atoms with Crippen LogP contribution >= 0.6 is 0 Å². The van der Waals surface area contributed by atoms with Gasteiger partial charge in [-0.2, -0.15) is 0 Å². The largest absolute Gasteiger partial charge is 0.351 e. The molecular weight excluding hydrogens is 328 g/mol. The first kappa shape index (κ1) is 17.9. The standard InChI is InChI=1S/C21H22N2O3/c1-23-14-18(13-21(23)26)22-20(25)12-11-19(24)17-9-7-16(8-10-17)15-5-3-2-4-6-15/h2-10,18H,11-14H2,1H3,(H,22,25)/t18-/m1/s1. The van der Waals surface area contributed by atoms with Crippen LogP contribution in [-0.4, -0.2) is 42.1 Å². The van der Waals surface area contributed by atoms with Gasteiger partial charge in [0.2, 0.25) is 11.8 Å². The molecule has 1 atom stereocenters. The third-order valence-corrected chi connectivity index (χ3v) is 4.60. The highest BCUT2D eigenvalue weighted by atomic mass is 16.2. The molecule has 0 radical (unpaired) electrons. The van der Waals surface area contributed by atoms with Gasteiger partial charge in [0, 0.05) is 38.4 Å². The van der Waals surface area contributed by atoms with Crippen molar-refractivity contribution in [1.29, 1.82) is 0 Å². The fourth-order valence-corrected chi connectivity index (χ4v) is 3.11. The van der Waals surface area contributed by atoms with Crippen LogP contribution in [0.3, 0.4) is 0 Å². The van der Waals surface area contributed by atoms with Gasteiger partial charge in [0.1, 0.15) is 0 Å². The number of hydrogen-bond donors (Lipinski definition) is 1. The third-order valence-electron chi connectivity index (χ3n) is 4.60. The number of likely N-dealkylation sites (tertiary alicyclic amines) is 1. The van der Waals surface area contributed by atoms with Crippen molar-refractivity contribution >= 4 is 17.6 Å². The molecule has 2 amide bonds. The summed E-state index contributed by atoms with van der Waals surface area (Å²) in [5, 5.41) is 2.82. The Hall–Kier alpha value is -2.95. The molecule has 134 valence electrons.